The van der Waals surface area contributed by atoms with Gasteiger partial charge < -0.3 is 4.90 Å². The molecule has 0 saturated carbocycles. The molecule has 0 spiro atoms. The summed E-state index contributed by atoms with van der Waals surface area (Å²) in [6.45, 7) is 8.25. The molecule has 2 heterocycles. The molecule has 0 aliphatic carbocycles. The molecular formula is C18H24N4O. The van der Waals surface area contributed by atoms with Gasteiger partial charge in [0.2, 0.25) is 5.91 Å². The molecule has 1 unspecified atom stereocenters. The fraction of sp³-hybridized carbons (Fsp3) is 0.500. The third-order valence-electron chi connectivity index (χ3n) is 4.80. The van der Waals surface area contributed by atoms with Gasteiger partial charge in [-0.15, -0.1) is 0 Å². The number of hydrogen-bond acceptors (Lipinski definition) is 3. The monoisotopic (exact) mass is 312 g/mol. The van der Waals surface area contributed by atoms with Crippen molar-refractivity contribution in [3.05, 3.63) is 47.5 Å². The van der Waals surface area contributed by atoms with Crippen molar-refractivity contribution in [2.45, 2.75) is 45.6 Å². The lowest BCUT2D eigenvalue weighted by molar-refractivity contribution is -0.135. The zero-order valence-corrected chi connectivity index (χ0v) is 14.1. The van der Waals surface area contributed by atoms with Gasteiger partial charge in [-0.25, -0.2) is 9.67 Å². The minimum Gasteiger partial charge on any atom is -0.340 e. The van der Waals surface area contributed by atoms with Crippen LogP contribution < -0.4 is 0 Å². The van der Waals surface area contributed by atoms with Crippen LogP contribution in [0.3, 0.4) is 0 Å². The largest absolute Gasteiger partial charge is 0.340 e. The average Bonchev–Trinajstić information content (AvgIpc) is 2.87. The topological polar surface area (TPSA) is 51.0 Å². The summed E-state index contributed by atoms with van der Waals surface area (Å²) in [6, 6.07) is 10.5. The van der Waals surface area contributed by atoms with Crippen molar-refractivity contribution in [2.24, 2.45) is 0 Å². The van der Waals surface area contributed by atoms with Crippen molar-refractivity contribution in [2.75, 3.05) is 13.1 Å². The summed E-state index contributed by atoms with van der Waals surface area (Å²) in [4.78, 5) is 18.6. The molecule has 1 amide bonds. The molecule has 1 saturated heterocycles. The van der Waals surface area contributed by atoms with Crippen molar-refractivity contribution in [3.63, 3.8) is 0 Å². The van der Waals surface area contributed by atoms with Crippen molar-refractivity contribution in [3.8, 4) is 0 Å². The maximum absolute atomic E-state index is 12.3. The minimum absolute atomic E-state index is 0.0303. The highest BCUT2D eigenvalue weighted by Crippen LogP contribution is 2.33. The Bertz CT molecular complexity index is 694. The second-order valence-corrected chi connectivity index (χ2v) is 6.67. The van der Waals surface area contributed by atoms with Crippen LogP contribution in [-0.2, 0) is 16.8 Å². The van der Waals surface area contributed by atoms with Gasteiger partial charge in [-0.1, -0.05) is 37.3 Å². The highest BCUT2D eigenvalue weighted by Gasteiger charge is 2.36. The van der Waals surface area contributed by atoms with Crippen LogP contribution in [-0.4, -0.2) is 38.7 Å². The molecule has 5 nitrogen and oxygen atoms in total. The maximum atomic E-state index is 12.3. The summed E-state index contributed by atoms with van der Waals surface area (Å²) in [5, 5.41) is 4.38. The second-order valence-electron chi connectivity index (χ2n) is 6.67. The molecule has 0 N–H and O–H groups in total. The lowest BCUT2D eigenvalue weighted by Crippen LogP contribution is -2.48. The average molecular weight is 312 g/mol. The van der Waals surface area contributed by atoms with E-state index in [0.29, 0.717) is 19.5 Å². The van der Waals surface area contributed by atoms with Crippen molar-refractivity contribution in [1.29, 1.82) is 0 Å². The van der Waals surface area contributed by atoms with Crippen LogP contribution in [0, 0.1) is 13.8 Å². The van der Waals surface area contributed by atoms with E-state index in [9.17, 15) is 4.79 Å². The second kappa shape index (κ2) is 6.14. The summed E-state index contributed by atoms with van der Waals surface area (Å²) in [7, 11) is 0. The molecule has 2 aromatic rings. The Balaban J connectivity index is 1.71. The zero-order chi connectivity index (χ0) is 16.4. The van der Waals surface area contributed by atoms with E-state index in [1.54, 1.807) is 0 Å². The number of benzene rings is 1. The van der Waals surface area contributed by atoms with Gasteiger partial charge in [-0.05, 0) is 25.8 Å². The predicted octanol–water partition coefficient (Wildman–Crippen LogP) is 2.48. The third-order valence-corrected chi connectivity index (χ3v) is 4.80. The SMILES string of the molecule is Cc1nc(C)n(CCN2CC(C)(c3ccccc3)CCC2=O)n1. The molecule has 122 valence electrons. The van der Waals surface area contributed by atoms with E-state index >= 15 is 0 Å². The highest BCUT2D eigenvalue weighted by atomic mass is 16.2. The molecule has 0 radical (unpaired) electrons. The number of aromatic nitrogens is 3. The quantitative estimate of drug-likeness (QED) is 0.871. The van der Waals surface area contributed by atoms with Gasteiger partial charge in [0.25, 0.3) is 0 Å². The predicted molar refractivity (Wildman–Crippen MR) is 89.1 cm³/mol. The fourth-order valence-electron chi connectivity index (χ4n) is 3.40. The summed E-state index contributed by atoms with van der Waals surface area (Å²) in [5.74, 6) is 1.92. The molecule has 1 aliphatic heterocycles. The highest BCUT2D eigenvalue weighted by molar-refractivity contribution is 5.77. The Morgan fingerprint density at radius 1 is 1.17 bits per heavy atom. The fourth-order valence-corrected chi connectivity index (χ4v) is 3.40. The molecule has 1 atom stereocenters. The first kappa shape index (κ1) is 15.7. The number of likely N-dealkylation sites (tertiary alicyclic amines) is 1. The molecule has 1 aliphatic rings. The standard InChI is InChI=1S/C18H24N4O/c1-14-19-15(2)22(20-14)12-11-21-13-18(3,10-9-17(21)23)16-7-5-4-6-8-16/h4-8H,9-13H2,1-3H3. The summed E-state index contributed by atoms with van der Waals surface area (Å²) < 4.78 is 1.89. The number of hydrogen-bond donors (Lipinski definition) is 0. The van der Waals surface area contributed by atoms with Gasteiger partial charge in [0.1, 0.15) is 11.6 Å². The van der Waals surface area contributed by atoms with Crippen LogP contribution in [0.5, 0.6) is 0 Å². The summed E-state index contributed by atoms with van der Waals surface area (Å²) >= 11 is 0. The van der Waals surface area contributed by atoms with Crippen molar-refractivity contribution in [1.82, 2.24) is 19.7 Å². The first-order valence-electron chi connectivity index (χ1n) is 8.19. The Morgan fingerprint density at radius 3 is 2.57 bits per heavy atom. The van der Waals surface area contributed by atoms with E-state index in [2.05, 4.69) is 41.3 Å². The van der Waals surface area contributed by atoms with Gasteiger partial charge in [-0.3, -0.25) is 4.79 Å². The minimum atomic E-state index is 0.0303. The van der Waals surface area contributed by atoms with Gasteiger partial charge in [0.05, 0.1) is 6.54 Å². The number of piperidine rings is 1. The zero-order valence-electron chi connectivity index (χ0n) is 14.1. The van der Waals surface area contributed by atoms with Crippen LogP contribution in [0.15, 0.2) is 30.3 Å². The maximum Gasteiger partial charge on any atom is 0.222 e. The number of nitrogens with zero attached hydrogens (tertiary/aromatic N) is 4. The van der Waals surface area contributed by atoms with Crippen LogP contribution >= 0.6 is 0 Å². The lowest BCUT2D eigenvalue weighted by Gasteiger charge is -2.40. The molecule has 1 fully saturated rings. The Kier molecular flexibility index (Phi) is 4.20. The van der Waals surface area contributed by atoms with E-state index in [4.69, 9.17) is 0 Å². The Hall–Kier alpha value is -2.17. The number of rotatable bonds is 4. The van der Waals surface area contributed by atoms with E-state index in [1.165, 1.54) is 5.56 Å². The van der Waals surface area contributed by atoms with Gasteiger partial charge in [-0.2, -0.15) is 5.10 Å². The molecule has 5 heteroatoms. The van der Waals surface area contributed by atoms with Crippen LogP contribution in [0.1, 0.15) is 37.0 Å². The summed E-state index contributed by atoms with van der Waals surface area (Å²) in [5.41, 5.74) is 1.34. The van der Waals surface area contributed by atoms with Gasteiger partial charge in [0.15, 0.2) is 0 Å². The number of carbonyl (C=O) groups is 1. The van der Waals surface area contributed by atoms with Crippen molar-refractivity contribution < 1.29 is 4.79 Å². The van der Waals surface area contributed by atoms with Crippen molar-refractivity contribution >= 4 is 5.91 Å². The summed E-state index contributed by atoms with van der Waals surface area (Å²) in [6.07, 6.45) is 1.52. The van der Waals surface area contributed by atoms with Crippen LogP contribution in [0.25, 0.3) is 0 Å². The van der Waals surface area contributed by atoms with Gasteiger partial charge in [0, 0.05) is 24.9 Å². The van der Waals surface area contributed by atoms with E-state index in [0.717, 1.165) is 24.6 Å². The first-order chi connectivity index (χ1) is 11.0. The first-order valence-corrected chi connectivity index (χ1v) is 8.19. The smallest absolute Gasteiger partial charge is 0.222 e. The van der Waals surface area contributed by atoms with Crippen LogP contribution in [0.4, 0.5) is 0 Å². The van der Waals surface area contributed by atoms with Gasteiger partial charge >= 0.3 is 0 Å². The molecular weight excluding hydrogens is 288 g/mol. The Labute approximate surface area is 137 Å². The molecule has 1 aromatic heterocycles. The lowest BCUT2D eigenvalue weighted by atomic mass is 9.76. The number of amides is 1. The molecule has 23 heavy (non-hydrogen) atoms. The van der Waals surface area contributed by atoms with E-state index in [1.807, 2.05) is 29.5 Å². The van der Waals surface area contributed by atoms with E-state index < -0.39 is 0 Å². The normalized spacial score (nSPS) is 21.7. The number of carbonyl (C=O) groups excluding carboxylic acids is 1. The van der Waals surface area contributed by atoms with Crippen LogP contribution in [0.2, 0.25) is 0 Å². The molecule has 0 bridgehead atoms. The third kappa shape index (κ3) is 3.28. The molecule has 1 aromatic carbocycles. The number of aryl methyl sites for hydroxylation is 2. The van der Waals surface area contributed by atoms with E-state index in [-0.39, 0.29) is 11.3 Å². The molecule has 3 rings (SSSR count). The Morgan fingerprint density at radius 2 is 1.91 bits per heavy atom.